The number of nitrogens with one attached hydrogen (secondary N) is 1. The third-order valence-electron chi connectivity index (χ3n) is 5.81. The molecule has 1 N–H and O–H groups in total. The number of likely N-dealkylation sites (tertiary alicyclic amines) is 1. The fourth-order valence-corrected chi connectivity index (χ4v) is 4.17. The number of nitrogens with zero attached hydrogens (tertiary/aromatic N) is 3. The van der Waals surface area contributed by atoms with E-state index in [1.54, 1.807) is 12.1 Å². The molecule has 0 saturated carbocycles. The molecular formula is C24H28N4O3. The van der Waals surface area contributed by atoms with Gasteiger partial charge in [0.1, 0.15) is 5.75 Å². The molecule has 1 fully saturated rings. The monoisotopic (exact) mass is 420 g/mol. The number of benzene rings is 2. The van der Waals surface area contributed by atoms with Crippen LogP contribution >= 0.6 is 0 Å². The van der Waals surface area contributed by atoms with Gasteiger partial charge in [0.05, 0.1) is 37.6 Å². The molecule has 0 radical (unpaired) electrons. The first-order chi connectivity index (χ1) is 15.0. The third kappa shape index (κ3) is 4.77. The summed E-state index contributed by atoms with van der Waals surface area (Å²) in [5.41, 5.74) is 3.66. The number of carbonyl (C=O) groups excluding carboxylic acids is 2. The molecule has 0 spiro atoms. The van der Waals surface area contributed by atoms with Gasteiger partial charge in [0.15, 0.2) is 0 Å². The summed E-state index contributed by atoms with van der Waals surface area (Å²) in [4.78, 5) is 27.8. The van der Waals surface area contributed by atoms with Crippen molar-refractivity contribution in [2.45, 2.75) is 32.2 Å². The number of amides is 2. The highest BCUT2D eigenvalue weighted by Crippen LogP contribution is 2.27. The highest BCUT2D eigenvalue weighted by atomic mass is 16.5. The lowest BCUT2D eigenvalue weighted by Gasteiger charge is -2.25. The lowest BCUT2D eigenvalue weighted by atomic mass is 10.1. The summed E-state index contributed by atoms with van der Waals surface area (Å²) in [6.07, 6.45) is 2.35. The van der Waals surface area contributed by atoms with Gasteiger partial charge in [-0.05, 0) is 49.6 Å². The Balaban J connectivity index is 1.40. The third-order valence-corrected chi connectivity index (χ3v) is 5.81. The molecule has 2 amide bonds. The van der Waals surface area contributed by atoms with Gasteiger partial charge in [0, 0.05) is 6.42 Å². The Hall–Kier alpha value is -3.19. The van der Waals surface area contributed by atoms with E-state index < -0.39 is 0 Å². The van der Waals surface area contributed by atoms with Gasteiger partial charge in [0.2, 0.25) is 5.91 Å². The van der Waals surface area contributed by atoms with Crippen LogP contribution < -0.4 is 10.1 Å². The number of hydrogen-bond donors (Lipinski definition) is 1. The second-order valence-electron chi connectivity index (χ2n) is 8.00. The molecule has 1 atom stereocenters. The van der Waals surface area contributed by atoms with E-state index in [1.807, 2.05) is 60.4 Å². The van der Waals surface area contributed by atoms with Crippen LogP contribution in [0.15, 0.2) is 53.6 Å². The van der Waals surface area contributed by atoms with Crippen molar-refractivity contribution in [2.75, 3.05) is 32.1 Å². The van der Waals surface area contributed by atoms with Crippen LogP contribution in [0.3, 0.4) is 0 Å². The predicted molar refractivity (Wildman–Crippen MR) is 120 cm³/mol. The van der Waals surface area contributed by atoms with Crippen molar-refractivity contribution in [3.8, 4) is 5.75 Å². The Labute approximate surface area is 182 Å². The zero-order valence-corrected chi connectivity index (χ0v) is 18.0. The molecule has 1 saturated heterocycles. The van der Waals surface area contributed by atoms with E-state index in [0.29, 0.717) is 18.0 Å². The van der Waals surface area contributed by atoms with Gasteiger partial charge in [-0.3, -0.25) is 14.5 Å². The maximum absolute atomic E-state index is 13.0. The van der Waals surface area contributed by atoms with Crippen molar-refractivity contribution in [3.05, 3.63) is 59.7 Å². The molecule has 1 unspecified atom stereocenters. The summed E-state index contributed by atoms with van der Waals surface area (Å²) in [7, 11) is 1.58. The van der Waals surface area contributed by atoms with Gasteiger partial charge in [0.25, 0.3) is 5.91 Å². The van der Waals surface area contributed by atoms with E-state index in [2.05, 4.69) is 10.4 Å². The molecule has 2 aromatic carbocycles. The molecule has 2 heterocycles. The zero-order valence-electron chi connectivity index (χ0n) is 18.0. The van der Waals surface area contributed by atoms with Crippen LogP contribution in [0.25, 0.3) is 0 Å². The van der Waals surface area contributed by atoms with Crippen molar-refractivity contribution >= 4 is 23.2 Å². The number of hydrazone groups is 1. The summed E-state index contributed by atoms with van der Waals surface area (Å²) >= 11 is 0. The minimum atomic E-state index is -0.339. The minimum absolute atomic E-state index is 0.0706. The first kappa shape index (κ1) is 21.1. The minimum Gasteiger partial charge on any atom is -0.495 e. The van der Waals surface area contributed by atoms with E-state index in [4.69, 9.17) is 4.74 Å². The van der Waals surface area contributed by atoms with E-state index in [-0.39, 0.29) is 24.4 Å². The van der Waals surface area contributed by atoms with E-state index in [1.165, 1.54) is 0 Å². The molecule has 31 heavy (non-hydrogen) atoms. The van der Waals surface area contributed by atoms with Gasteiger partial charge in [-0.1, -0.05) is 36.4 Å². The van der Waals surface area contributed by atoms with Gasteiger partial charge in [-0.25, -0.2) is 5.01 Å². The maximum atomic E-state index is 13.0. The molecule has 0 aliphatic carbocycles. The van der Waals surface area contributed by atoms with Gasteiger partial charge in [-0.2, -0.15) is 5.10 Å². The average Bonchev–Trinajstić information content (AvgIpc) is 3.44. The average molecular weight is 421 g/mol. The molecule has 4 rings (SSSR count). The van der Waals surface area contributed by atoms with Crippen LogP contribution in [-0.4, -0.2) is 60.2 Å². The summed E-state index contributed by atoms with van der Waals surface area (Å²) in [6.45, 7) is 3.46. The number of hydrogen-bond acceptors (Lipinski definition) is 5. The normalized spacial score (nSPS) is 18.7. The van der Waals surface area contributed by atoms with Crippen LogP contribution in [0.2, 0.25) is 0 Å². The summed E-state index contributed by atoms with van der Waals surface area (Å²) in [6, 6.07) is 15.3. The zero-order chi connectivity index (χ0) is 21.8. The van der Waals surface area contributed by atoms with Gasteiger partial charge >= 0.3 is 0 Å². The first-order valence-corrected chi connectivity index (χ1v) is 10.7. The molecule has 2 aliphatic heterocycles. The summed E-state index contributed by atoms with van der Waals surface area (Å²) < 4.78 is 5.37. The van der Waals surface area contributed by atoms with Crippen LogP contribution in [0.4, 0.5) is 5.69 Å². The second kappa shape index (κ2) is 9.31. The maximum Gasteiger partial charge on any atom is 0.256 e. The molecule has 0 bridgehead atoms. The molecule has 162 valence electrons. The Kier molecular flexibility index (Phi) is 6.32. The summed E-state index contributed by atoms with van der Waals surface area (Å²) in [5, 5.41) is 9.06. The predicted octanol–water partition coefficient (Wildman–Crippen LogP) is 3.04. The van der Waals surface area contributed by atoms with Crippen molar-refractivity contribution < 1.29 is 14.3 Å². The van der Waals surface area contributed by atoms with Crippen LogP contribution in [-0.2, 0) is 9.59 Å². The fourth-order valence-electron chi connectivity index (χ4n) is 4.17. The van der Waals surface area contributed by atoms with Crippen LogP contribution in [0.1, 0.15) is 30.4 Å². The fraction of sp³-hybridized carbons (Fsp3) is 0.375. The van der Waals surface area contributed by atoms with Gasteiger partial charge < -0.3 is 10.1 Å². The van der Waals surface area contributed by atoms with Gasteiger partial charge in [-0.15, -0.1) is 0 Å². The Bertz CT molecular complexity index is 990. The first-order valence-electron chi connectivity index (χ1n) is 10.7. The van der Waals surface area contributed by atoms with E-state index in [9.17, 15) is 9.59 Å². The highest BCUT2D eigenvalue weighted by molar-refractivity contribution is 6.02. The van der Waals surface area contributed by atoms with E-state index >= 15 is 0 Å². The van der Waals surface area contributed by atoms with Crippen molar-refractivity contribution in [1.29, 1.82) is 0 Å². The lowest BCUT2D eigenvalue weighted by Crippen LogP contribution is -2.44. The summed E-state index contributed by atoms with van der Waals surface area (Å²) in [5.74, 6) is 0.447. The molecule has 7 nitrogen and oxygen atoms in total. The number of anilines is 1. The SMILES string of the molecule is COc1ccc(C)cc1NC(=O)C1CCCN1CC(=O)N1CCC(c2ccccc2)=N1. The molecular weight excluding hydrogens is 392 g/mol. The number of methoxy groups -OCH3 is 1. The quantitative estimate of drug-likeness (QED) is 0.780. The number of rotatable bonds is 6. The van der Waals surface area contributed by atoms with Crippen LogP contribution in [0.5, 0.6) is 5.75 Å². The Morgan fingerprint density at radius 3 is 2.74 bits per heavy atom. The molecule has 2 aromatic rings. The highest BCUT2D eigenvalue weighted by Gasteiger charge is 2.34. The largest absolute Gasteiger partial charge is 0.495 e. The Morgan fingerprint density at radius 1 is 1.16 bits per heavy atom. The van der Waals surface area contributed by atoms with Crippen molar-refractivity contribution in [3.63, 3.8) is 0 Å². The number of ether oxygens (including phenoxy) is 1. The molecule has 0 aromatic heterocycles. The van der Waals surface area contributed by atoms with E-state index in [0.717, 1.165) is 42.6 Å². The standard InChI is InChI=1S/C24H28N4O3/c1-17-10-11-22(31-2)20(15-17)25-24(30)21-9-6-13-27(21)16-23(29)28-14-12-19(26-28)18-7-4-3-5-8-18/h3-5,7-8,10-11,15,21H,6,9,12-14,16H2,1-2H3,(H,25,30). The molecule has 7 heteroatoms. The number of carbonyl (C=O) groups is 2. The number of aryl methyl sites for hydroxylation is 1. The van der Waals surface area contributed by atoms with Crippen molar-refractivity contribution in [1.82, 2.24) is 9.91 Å². The van der Waals surface area contributed by atoms with Crippen molar-refractivity contribution in [2.24, 2.45) is 5.10 Å². The van der Waals surface area contributed by atoms with Crippen LogP contribution in [0, 0.1) is 6.92 Å². The second-order valence-corrected chi connectivity index (χ2v) is 8.00. The topological polar surface area (TPSA) is 74.2 Å². The lowest BCUT2D eigenvalue weighted by molar-refractivity contribution is -0.133. The smallest absolute Gasteiger partial charge is 0.256 e. The molecule has 2 aliphatic rings. The Morgan fingerprint density at radius 2 is 1.97 bits per heavy atom.